The van der Waals surface area contributed by atoms with E-state index < -0.39 is 0 Å². The predicted molar refractivity (Wildman–Crippen MR) is 55.2 cm³/mol. The summed E-state index contributed by atoms with van der Waals surface area (Å²) in [5, 5.41) is 3.49. The molecule has 1 atom stereocenters. The highest BCUT2D eigenvalue weighted by Crippen LogP contribution is 2.18. The van der Waals surface area contributed by atoms with Crippen molar-refractivity contribution in [3.63, 3.8) is 0 Å². The second-order valence-corrected chi connectivity index (χ2v) is 3.67. The average molecular weight is 192 g/mol. The standard InChI is InChI=1S/C11H16N2O/c1-9-7-12-5-3-10(9)11-8-14-6-2-4-13-11/h3,5,7,11,13H,2,4,6,8H2,1H3. The summed E-state index contributed by atoms with van der Waals surface area (Å²) in [7, 11) is 0. The summed E-state index contributed by atoms with van der Waals surface area (Å²) in [4.78, 5) is 4.09. The van der Waals surface area contributed by atoms with Gasteiger partial charge in [-0.15, -0.1) is 0 Å². The largest absolute Gasteiger partial charge is 0.379 e. The Labute approximate surface area is 84.5 Å². The minimum absolute atomic E-state index is 0.334. The van der Waals surface area contributed by atoms with E-state index in [1.807, 2.05) is 12.4 Å². The number of aromatic nitrogens is 1. The molecule has 0 amide bonds. The molecular weight excluding hydrogens is 176 g/mol. The summed E-state index contributed by atoms with van der Waals surface area (Å²) in [5.41, 5.74) is 2.54. The van der Waals surface area contributed by atoms with Crippen molar-refractivity contribution in [2.45, 2.75) is 19.4 Å². The Morgan fingerprint density at radius 3 is 3.36 bits per heavy atom. The van der Waals surface area contributed by atoms with E-state index in [1.165, 1.54) is 11.1 Å². The lowest BCUT2D eigenvalue weighted by Gasteiger charge is -2.17. The monoisotopic (exact) mass is 192 g/mol. The lowest BCUT2D eigenvalue weighted by Crippen LogP contribution is -2.24. The maximum atomic E-state index is 5.53. The fourth-order valence-corrected chi connectivity index (χ4v) is 1.79. The van der Waals surface area contributed by atoms with Crippen molar-refractivity contribution in [2.24, 2.45) is 0 Å². The van der Waals surface area contributed by atoms with E-state index in [4.69, 9.17) is 4.74 Å². The number of ether oxygens (including phenoxy) is 1. The molecule has 1 aliphatic heterocycles. The van der Waals surface area contributed by atoms with Crippen LogP contribution in [-0.2, 0) is 4.74 Å². The van der Waals surface area contributed by atoms with Crippen LogP contribution in [0.3, 0.4) is 0 Å². The van der Waals surface area contributed by atoms with Gasteiger partial charge >= 0.3 is 0 Å². The Morgan fingerprint density at radius 1 is 1.57 bits per heavy atom. The highest BCUT2D eigenvalue weighted by Gasteiger charge is 2.15. The molecule has 0 bridgehead atoms. The van der Waals surface area contributed by atoms with Crippen LogP contribution in [0, 0.1) is 6.92 Å². The molecule has 2 rings (SSSR count). The molecule has 1 aliphatic rings. The molecule has 0 spiro atoms. The number of hydrogen-bond acceptors (Lipinski definition) is 3. The lowest BCUT2D eigenvalue weighted by molar-refractivity contribution is 0.131. The van der Waals surface area contributed by atoms with Crippen molar-refractivity contribution in [2.75, 3.05) is 19.8 Å². The zero-order valence-corrected chi connectivity index (χ0v) is 8.49. The van der Waals surface area contributed by atoms with Gasteiger partial charge in [-0.2, -0.15) is 0 Å². The third-order valence-electron chi connectivity index (χ3n) is 2.58. The van der Waals surface area contributed by atoms with Gasteiger partial charge in [-0.25, -0.2) is 0 Å². The molecule has 0 aromatic carbocycles. The summed E-state index contributed by atoms with van der Waals surface area (Å²) in [6, 6.07) is 2.40. The van der Waals surface area contributed by atoms with Crippen LogP contribution in [-0.4, -0.2) is 24.7 Å². The van der Waals surface area contributed by atoms with Crippen LogP contribution in [0.25, 0.3) is 0 Å². The Balaban J connectivity index is 2.16. The summed E-state index contributed by atoms with van der Waals surface area (Å²) < 4.78 is 5.53. The van der Waals surface area contributed by atoms with Crippen molar-refractivity contribution in [1.29, 1.82) is 0 Å². The molecule has 1 saturated heterocycles. The third kappa shape index (κ3) is 2.11. The number of pyridine rings is 1. The van der Waals surface area contributed by atoms with E-state index in [0.717, 1.165) is 26.2 Å². The van der Waals surface area contributed by atoms with Crippen LogP contribution in [0.5, 0.6) is 0 Å². The predicted octanol–water partition coefficient (Wildman–Crippen LogP) is 1.44. The first-order valence-electron chi connectivity index (χ1n) is 5.09. The lowest BCUT2D eigenvalue weighted by atomic mass is 10.0. The van der Waals surface area contributed by atoms with Crippen LogP contribution in [0.15, 0.2) is 18.5 Å². The first-order chi connectivity index (χ1) is 6.88. The Kier molecular flexibility index (Phi) is 3.11. The molecule has 76 valence electrons. The van der Waals surface area contributed by atoms with E-state index in [2.05, 4.69) is 23.3 Å². The molecule has 14 heavy (non-hydrogen) atoms. The molecule has 1 unspecified atom stereocenters. The maximum Gasteiger partial charge on any atom is 0.0661 e. The van der Waals surface area contributed by atoms with Gasteiger partial charge < -0.3 is 10.1 Å². The molecule has 3 nitrogen and oxygen atoms in total. The molecule has 0 saturated carbocycles. The second-order valence-electron chi connectivity index (χ2n) is 3.67. The fourth-order valence-electron chi connectivity index (χ4n) is 1.79. The Hall–Kier alpha value is -0.930. The van der Waals surface area contributed by atoms with Crippen LogP contribution < -0.4 is 5.32 Å². The first-order valence-corrected chi connectivity index (χ1v) is 5.09. The van der Waals surface area contributed by atoms with Crippen molar-refractivity contribution in [3.8, 4) is 0 Å². The van der Waals surface area contributed by atoms with E-state index in [0.29, 0.717) is 6.04 Å². The number of nitrogens with zero attached hydrogens (tertiary/aromatic N) is 1. The fraction of sp³-hybridized carbons (Fsp3) is 0.545. The Morgan fingerprint density at radius 2 is 2.50 bits per heavy atom. The number of rotatable bonds is 1. The van der Waals surface area contributed by atoms with E-state index in [-0.39, 0.29) is 0 Å². The molecule has 2 heterocycles. The minimum Gasteiger partial charge on any atom is -0.379 e. The molecule has 0 radical (unpaired) electrons. The highest BCUT2D eigenvalue weighted by atomic mass is 16.5. The van der Waals surface area contributed by atoms with Crippen molar-refractivity contribution < 1.29 is 4.74 Å². The van der Waals surface area contributed by atoms with Gasteiger partial charge in [-0.3, -0.25) is 4.98 Å². The summed E-state index contributed by atoms with van der Waals surface area (Å²) in [6.07, 6.45) is 4.84. The molecule has 1 aromatic rings. The topological polar surface area (TPSA) is 34.1 Å². The normalized spacial score (nSPS) is 23.1. The van der Waals surface area contributed by atoms with Gasteiger partial charge in [0, 0.05) is 19.0 Å². The smallest absolute Gasteiger partial charge is 0.0661 e. The average Bonchev–Trinajstić information content (AvgIpc) is 2.47. The zero-order valence-electron chi connectivity index (χ0n) is 8.49. The first kappa shape index (κ1) is 9.62. The molecule has 1 N–H and O–H groups in total. The molecule has 1 aromatic heterocycles. The van der Waals surface area contributed by atoms with E-state index >= 15 is 0 Å². The van der Waals surface area contributed by atoms with Crippen LogP contribution in [0.4, 0.5) is 0 Å². The van der Waals surface area contributed by atoms with E-state index in [9.17, 15) is 0 Å². The number of aryl methyl sites for hydroxylation is 1. The van der Waals surface area contributed by atoms with Gasteiger partial charge in [0.2, 0.25) is 0 Å². The highest BCUT2D eigenvalue weighted by molar-refractivity contribution is 5.25. The molecule has 1 fully saturated rings. The summed E-state index contributed by atoms with van der Waals surface area (Å²) in [6.45, 7) is 4.76. The van der Waals surface area contributed by atoms with Crippen molar-refractivity contribution >= 4 is 0 Å². The van der Waals surface area contributed by atoms with Gasteiger partial charge in [0.25, 0.3) is 0 Å². The molecule has 3 heteroatoms. The number of nitrogens with one attached hydrogen (secondary N) is 1. The quantitative estimate of drug-likeness (QED) is 0.731. The van der Waals surface area contributed by atoms with Crippen molar-refractivity contribution in [1.82, 2.24) is 10.3 Å². The van der Waals surface area contributed by atoms with Gasteiger partial charge in [0.05, 0.1) is 12.6 Å². The second kappa shape index (κ2) is 4.53. The van der Waals surface area contributed by atoms with Gasteiger partial charge in [-0.1, -0.05) is 0 Å². The van der Waals surface area contributed by atoms with Crippen LogP contribution >= 0.6 is 0 Å². The summed E-state index contributed by atoms with van der Waals surface area (Å²) >= 11 is 0. The van der Waals surface area contributed by atoms with Gasteiger partial charge in [-0.05, 0) is 37.1 Å². The molecular formula is C11H16N2O. The number of hydrogen-bond donors (Lipinski definition) is 1. The zero-order chi connectivity index (χ0) is 9.80. The van der Waals surface area contributed by atoms with Gasteiger partial charge in [0.15, 0.2) is 0 Å². The SMILES string of the molecule is Cc1cnccc1C1COCCCN1. The van der Waals surface area contributed by atoms with Gasteiger partial charge in [0.1, 0.15) is 0 Å². The van der Waals surface area contributed by atoms with Crippen molar-refractivity contribution in [3.05, 3.63) is 29.6 Å². The van der Waals surface area contributed by atoms with E-state index in [1.54, 1.807) is 0 Å². The maximum absolute atomic E-state index is 5.53. The molecule has 0 aliphatic carbocycles. The van der Waals surface area contributed by atoms with Crippen LogP contribution in [0.1, 0.15) is 23.6 Å². The van der Waals surface area contributed by atoms with Crippen LogP contribution in [0.2, 0.25) is 0 Å². The Bertz CT molecular complexity index is 293. The summed E-state index contributed by atoms with van der Waals surface area (Å²) in [5.74, 6) is 0. The minimum atomic E-state index is 0.334. The third-order valence-corrected chi connectivity index (χ3v) is 2.58.